The molecule has 3 nitrogen and oxygen atoms in total. The molecule has 0 aromatic heterocycles. The zero-order valence-corrected chi connectivity index (χ0v) is 13.1. The van der Waals surface area contributed by atoms with Gasteiger partial charge in [0.05, 0.1) is 11.3 Å². The first kappa shape index (κ1) is 14.4. The molecule has 0 unspecified atom stereocenters. The summed E-state index contributed by atoms with van der Waals surface area (Å²) in [5.74, 6) is -0.550. The number of anilines is 1. The standard InChI is InChI=1S/C13H8Cl2INO2/c14-7-2-4-12(18)9(5-7)13(19)17-11-3-1-8(15)6-10(11)16/h1-6,18H,(H,17,19). The third kappa shape index (κ3) is 3.52. The lowest BCUT2D eigenvalue weighted by Crippen LogP contribution is -2.13. The van der Waals surface area contributed by atoms with Crippen LogP contribution >= 0.6 is 45.8 Å². The monoisotopic (exact) mass is 407 g/mol. The molecule has 0 aliphatic rings. The van der Waals surface area contributed by atoms with Gasteiger partial charge in [-0.25, -0.2) is 0 Å². The maximum absolute atomic E-state index is 12.1. The van der Waals surface area contributed by atoms with E-state index in [4.69, 9.17) is 23.2 Å². The second-order valence-corrected chi connectivity index (χ2v) is 5.77. The van der Waals surface area contributed by atoms with Gasteiger partial charge in [-0.1, -0.05) is 23.2 Å². The summed E-state index contributed by atoms with van der Waals surface area (Å²) in [6, 6.07) is 9.41. The topological polar surface area (TPSA) is 49.3 Å². The number of nitrogens with one attached hydrogen (secondary N) is 1. The van der Waals surface area contributed by atoms with Gasteiger partial charge < -0.3 is 10.4 Å². The van der Waals surface area contributed by atoms with Crippen molar-refractivity contribution in [2.75, 3.05) is 5.32 Å². The molecule has 2 aromatic rings. The SMILES string of the molecule is O=C(Nc1ccc(Cl)cc1I)c1cc(Cl)ccc1O. The van der Waals surface area contributed by atoms with Gasteiger partial charge in [-0.3, -0.25) is 4.79 Å². The first-order valence-electron chi connectivity index (χ1n) is 5.22. The summed E-state index contributed by atoms with van der Waals surface area (Å²) in [6.45, 7) is 0. The van der Waals surface area contributed by atoms with E-state index in [1.807, 2.05) is 0 Å². The van der Waals surface area contributed by atoms with Crippen molar-refractivity contribution in [1.29, 1.82) is 0 Å². The number of hydrogen-bond donors (Lipinski definition) is 2. The summed E-state index contributed by atoms with van der Waals surface area (Å²) in [4.78, 5) is 12.1. The Kier molecular flexibility index (Phi) is 4.54. The van der Waals surface area contributed by atoms with Gasteiger partial charge in [-0.15, -0.1) is 0 Å². The molecule has 0 saturated heterocycles. The van der Waals surface area contributed by atoms with Crippen molar-refractivity contribution in [3.05, 3.63) is 55.6 Å². The van der Waals surface area contributed by atoms with Gasteiger partial charge in [0.25, 0.3) is 5.91 Å². The number of hydrogen-bond acceptors (Lipinski definition) is 2. The van der Waals surface area contributed by atoms with Crippen molar-refractivity contribution < 1.29 is 9.90 Å². The highest BCUT2D eigenvalue weighted by Crippen LogP contribution is 2.25. The maximum Gasteiger partial charge on any atom is 0.259 e. The minimum atomic E-state index is -0.430. The quantitative estimate of drug-likeness (QED) is 0.717. The van der Waals surface area contributed by atoms with Crippen LogP contribution in [0, 0.1) is 3.57 Å². The van der Waals surface area contributed by atoms with Crippen LogP contribution in [0.15, 0.2) is 36.4 Å². The van der Waals surface area contributed by atoms with Crippen LogP contribution in [-0.2, 0) is 0 Å². The average Bonchev–Trinajstić information content (AvgIpc) is 2.35. The number of carbonyl (C=O) groups is 1. The van der Waals surface area contributed by atoms with Crippen LogP contribution in [0.3, 0.4) is 0 Å². The number of carbonyl (C=O) groups excluding carboxylic acids is 1. The molecule has 6 heteroatoms. The Balaban J connectivity index is 2.28. The molecule has 1 amide bonds. The van der Waals surface area contributed by atoms with Crippen LogP contribution in [0.4, 0.5) is 5.69 Å². The molecular formula is C13H8Cl2INO2. The molecule has 0 atom stereocenters. The Bertz CT molecular complexity index is 647. The lowest BCUT2D eigenvalue weighted by atomic mass is 10.2. The summed E-state index contributed by atoms with van der Waals surface area (Å²) in [5, 5.41) is 13.3. The minimum absolute atomic E-state index is 0.120. The fourth-order valence-electron chi connectivity index (χ4n) is 1.47. The smallest absolute Gasteiger partial charge is 0.259 e. The fourth-order valence-corrected chi connectivity index (χ4v) is 2.65. The van der Waals surface area contributed by atoms with Crippen molar-refractivity contribution >= 4 is 57.4 Å². The molecule has 0 saturated carbocycles. The van der Waals surface area contributed by atoms with Crippen LogP contribution in [0.5, 0.6) is 5.75 Å². The van der Waals surface area contributed by atoms with Gasteiger partial charge in [0.1, 0.15) is 5.75 Å². The highest BCUT2D eigenvalue weighted by atomic mass is 127. The molecular weight excluding hydrogens is 400 g/mol. The van der Waals surface area contributed by atoms with Gasteiger partial charge in [-0.05, 0) is 59.0 Å². The Morgan fingerprint density at radius 1 is 1.11 bits per heavy atom. The zero-order chi connectivity index (χ0) is 14.0. The molecule has 2 N–H and O–H groups in total. The van der Waals surface area contributed by atoms with Gasteiger partial charge in [-0.2, -0.15) is 0 Å². The minimum Gasteiger partial charge on any atom is -0.507 e. The van der Waals surface area contributed by atoms with Crippen LogP contribution < -0.4 is 5.32 Å². The summed E-state index contributed by atoms with van der Waals surface area (Å²) in [6.07, 6.45) is 0. The molecule has 0 aliphatic carbocycles. The second kappa shape index (κ2) is 5.98. The Hall–Kier alpha value is -0.980. The second-order valence-electron chi connectivity index (χ2n) is 3.74. The van der Waals surface area contributed by atoms with Crippen LogP contribution in [0.1, 0.15) is 10.4 Å². The largest absolute Gasteiger partial charge is 0.507 e. The molecule has 2 aromatic carbocycles. The lowest BCUT2D eigenvalue weighted by molar-refractivity contribution is 0.102. The highest BCUT2D eigenvalue weighted by Gasteiger charge is 2.13. The molecule has 0 fully saturated rings. The van der Waals surface area contributed by atoms with Gasteiger partial charge in [0, 0.05) is 13.6 Å². The molecule has 0 radical (unpaired) electrons. The summed E-state index contributed by atoms with van der Waals surface area (Å²) < 4.78 is 0.806. The van der Waals surface area contributed by atoms with Crippen LogP contribution in [-0.4, -0.2) is 11.0 Å². The summed E-state index contributed by atoms with van der Waals surface area (Å²) >= 11 is 13.7. The van der Waals surface area contributed by atoms with Crippen LogP contribution in [0.2, 0.25) is 10.0 Å². The Morgan fingerprint density at radius 3 is 2.42 bits per heavy atom. The van der Waals surface area contributed by atoms with E-state index in [0.717, 1.165) is 3.57 Å². The molecule has 0 spiro atoms. The van der Waals surface area contributed by atoms with E-state index in [0.29, 0.717) is 15.7 Å². The molecule has 0 aliphatic heterocycles. The van der Waals surface area contributed by atoms with E-state index in [1.165, 1.54) is 18.2 Å². The van der Waals surface area contributed by atoms with E-state index < -0.39 is 5.91 Å². The third-order valence-corrected chi connectivity index (χ3v) is 3.75. The fraction of sp³-hybridized carbons (Fsp3) is 0. The van der Waals surface area contributed by atoms with Gasteiger partial charge in [0.2, 0.25) is 0 Å². The molecule has 98 valence electrons. The Labute approximate surface area is 133 Å². The van der Waals surface area contributed by atoms with Gasteiger partial charge in [0.15, 0.2) is 0 Å². The number of phenolic OH excluding ortho intramolecular Hbond substituents is 1. The summed E-state index contributed by atoms with van der Waals surface area (Å²) in [5.41, 5.74) is 0.743. The first-order chi connectivity index (χ1) is 8.97. The average molecular weight is 408 g/mol. The Morgan fingerprint density at radius 2 is 1.74 bits per heavy atom. The van der Waals surface area contributed by atoms with E-state index in [9.17, 15) is 9.90 Å². The maximum atomic E-state index is 12.1. The molecule has 0 bridgehead atoms. The van der Waals surface area contributed by atoms with Crippen LogP contribution in [0.25, 0.3) is 0 Å². The number of phenols is 1. The molecule has 2 rings (SSSR count). The molecule has 0 heterocycles. The number of benzene rings is 2. The first-order valence-corrected chi connectivity index (χ1v) is 7.06. The van der Waals surface area contributed by atoms with Crippen molar-refractivity contribution in [2.24, 2.45) is 0 Å². The number of amides is 1. The van der Waals surface area contributed by atoms with Crippen molar-refractivity contribution in [3.8, 4) is 5.75 Å². The normalized spacial score (nSPS) is 10.3. The third-order valence-electron chi connectivity index (χ3n) is 2.38. The zero-order valence-electron chi connectivity index (χ0n) is 9.45. The van der Waals surface area contributed by atoms with Crippen molar-refractivity contribution in [2.45, 2.75) is 0 Å². The molecule has 19 heavy (non-hydrogen) atoms. The predicted molar refractivity (Wildman–Crippen MR) is 85.2 cm³/mol. The van der Waals surface area contributed by atoms with Gasteiger partial charge >= 0.3 is 0 Å². The van der Waals surface area contributed by atoms with Crippen molar-refractivity contribution in [3.63, 3.8) is 0 Å². The lowest BCUT2D eigenvalue weighted by Gasteiger charge is -2.09. The van der Waals surface area contributed by atoms with E-state index in [1.54, 1.807) is 18.2 Å². The number of halogens is 3. The highest BCUT2D eigenvalue weighted by molar-refractivity contribution is 14.1. The van der Waals surface area contributed by atoms with E-state index in [2.05, 4.69) is 27.9 Å². The van der Waals surface area contributed by atoms with E-state index in [-0.39, 0.29) is 11.3 Å². The summed E-state index contributed by atoms with van der Waals surface area (Å²) in [7, 11) is 0. The number of rotatable bonds is 2. The predicted octanol–water partition coefficient (Wildman–Crippen LogP) is 4.56. The number of aromatic hydroxyl groups is 1. The van der Waals surface area contributed by atoms with E-state index >= 15 is 0 Å². The van der Waals surface area contributed by atoms with Crippen molar-refractivity contribution in [1.82, 2.24) is 0 Å².